The molecule has 0 saturated heterocycles. The van der Waals surface area contributed by atoms with Gasteiger partial charge in [-0.05, 0) is 33.1 Å². The molecule has 1 rings (SSSR count). The van der Waals surface area contributed by atoms with Gasteiger partial charge in [0.25, 0.3) is 0 Å². The predicted molar refractivity (Wildman–Crippen MR) is 96.9 cm³/mol. The first kappa shape index (κ1) is 20.0. The average molecular weight is 397 g/mol. The molecule has 5 heteroatoms. The van der Waals surface area contributed by atoms with Crippen molar-refractivity contribution in [2.24, 2.45) is 10.4 Å². The van der Waals surface area contributed by atoms with E-state index in [4.69, 9.17) is 0 Å². The Morgan fingerprint density at radius 2 is 2.00 bits per heavy atom. The lowest BCUT2D eigenvalue weighted by atomic mass is 10.1. The third kappa shape index (κ3) is 7.67. The molecule has 120 valence electrons. The van der Waals surface area contributed by atoms with Crippen molar-refractivity contribution in [1.29, 1.82) is 0 Å². The van der Waals surface area contributed by atoms with Crippen LogP contribution in [0.15, 0.2) is 4.99 Å². The maximum Gasteiger partial charge on any atom is 0.191 e. The van der Waals surface area contributed by atoms with Crippen LogP contribution >= 0.6 is 24.0 Å². The molecule has 0 aromatic carbocycles. The van der Waals surface area contributed by atoms with Crippen LogP contribution in [0.5, 0.6) is 0 Å². The Morgan fingerprint density at radius 1 is 1.30 bits per heavy atom. The van der Waals surface area contributed by atoms with Crippen LogP contribution in [-0.2, 0) is 0 Å². The van der Waals surface area contributed by atoms with E-state index < -0.39 is 0 Å². The highest BCUT2D eigenvalue weighted by molar-refractivity contribution is 14.0. The monoisotopic (exact) mass is 397 g/mol. The normalized spacial score (nSPS) is 18.1. The molecule has 1 atom stereocenters. The van der Waals surface area contributed by atoms with Crippen molar-refractivity contribution in [2.75, 3.05) is 19.7 Å². The van der Waals surface area contributed by atoms with E-state index in [-0.39, 0.29) is 36.0 Å². The highest BCUT2D eigenvalue weighted by atomic mass is 127. The highest BCUT2D eigenvalue weighted by Crippen LogP contribution is 2.45. The lowest BCUT2D eigenvalue weighted by Gasteiger charge is -2.18. The van der Waals surface area contributed by atoms with E-state index in [1.54, 1.807) is 0 Å². The summed E-state index contributed by atoms with van der Waals surface area (Å²) in [6, 6.07) is 0.452. The summed E-state index contributed by atoms with van der Waals surface area (Å²) in [4.78, 5) is 4.62. The number of nitrogens with zero attached hydrogens (tertiary/aromatic N) is 1. The van der Waals surface area contributed by atoms with Gasteiger partial charge in [-0.15, -0.1) is 24.0 Å². The first-order valence-corrected chi connectivity index (χ1v) is 7.81. The Bertz CT molecular complexity index is 280. The van der Waals surface area contributed by atoms with Gasteiger partial charge in [0.2, 0.25) is 0 Å². The number of aliphatic hydroxyl groups excluding tert-OH is 1. The first-order chi connectivity index (χ1) is 9.15. The molecule has 4 nitrogen and oxygen atoms in total. The van der Waals surface area contributed by atoms with Crippen LogP contribution in [0.4, 0.5) is 0 Å². The first-order valence-electron chi connectivity index (χ1n) is 7.81. The van der Waals surface area contributed by atoms with E-state index in [0.717, 1.165) is 31.9 Å². The topological polar surface area (TPSA) is 56.7 Å². The number of hydrogen-bond donors (Lipinski definition) is 3. The maximum atomic E-state index is 9.31. The number of hydrogen-bond acceptors (Lipinski definition) is 2. The summed E-state index contributed by atoms with van der Waals surface area (Å²) in [5.74, 6) is 0.895. The minimum Gasteiger partial charge on any atom is -0.396 e. The number of aliphatic imine (C=N–C) groups is 1. The third-order valence-electron chi connectivity index (χ3n) is 3.83. The van der Waals surface area contributed by atoms with Crippen LogP contribution in [0, 0.1) is 5.41 Å². The van der Waals surface area contributed by atoms with Crippen LogP contribution in [-0.4, -0.2) is 36.8 Å². The van der Waals surface area contributed by atoms with E-state index in [0.29, 0.717) is 6.04 Å². The lowest BCUT2D eigenvalue weighted by Crippen LogP contribution is -2.42. The highest BCUT2D eigenvalue weighted by Gasteiger charge is 2.41. The van der Waals surface area contributed by atoms with Crippen molar-refractivity contribution in [1.82, 2.24) is 10.6 Å². The van der Waals surface area contributed by atoms with E-state index in [9.17, 15) is 5.11 Å². The standard InChI is InChI=1S/C15H31N3O.HI/c1-4-6-7-8-13(3)18-14(16-5-2)17-11-15(12-19)9-10-15;/h13,19H,4-12H2,1-3H3,(H2,16,17,18);1H. The Labute approximate surface area is 141 Å². The summed E-state index contributed by atoms with van der Waals surface area (Å²) >= 11 is 0. The fraction of sp³-hybridized carbons (Fsp3) is 0.933. The fourth-order valence-electron chi connectivity index (χ4n) is 2.12. The van der Waals surface area contributed by atoms with Crippen LogP contribution < -0.4 is 10.6 Å². The fourth-order valence-corrected chi connectivity index (χ4v) is 2.12. The van der Waals surface area contributed by atoms with Gasteiger partial charge in [-0.1, -0.05) is 26.2 Å². The molecule has 1 aliphatic rings. The second kappa shape index (κ2) is 10.7. The molecule has 0 bridgehead atoms. The van der Waals surface area contributed by atoms with Gasteiger partial charge in [0, 0.05) is 18.0 Å². The minimum absolute atomic E-state index is 0. The third-order valence-corrected chi connectivity index (χ3v) is 3.83. The Kier molecular flexibility index (Phi) is 10.6. The number of aliphatic hydroxyl groups is 1. The smallest absolute Gasteiger partial charge is 0.191 e. The van der Waals surface area contributed by atoms with E-state index in [1.807, 2.05) is 0 Å². The molecule has 20 heavy (non-hydrogen) atoms. The molecule has 0 amide bonds. The number of halogens is 1. The van der Waals surface area contributed by atoms with Gasteiger partial charge < -0.3 is 15.7 Å². The quantitative estimate of drug-likeness (QED) is 0.243. The number of guanidine groups is 1. The van der Waals surface area contributed by atoms with Gasteiger partial charge in [0.1, 0.15) is 0 Å². The Morgan fingerprint density at radius 3 is 2.50 bits per heavy atom. The van der Waals surface area contributed by atoms with Gasteiger partial charge in [0.05, 0.1) is 13.2 Å². The van der Waals surface area contributed by atoms with Crippen molar-refractivity contribution in [2.45, 2.75) is 65.3 Å². The number of unbranched alkanes of at least 4 members (excludes halogenated alkanes) is 2. The number of nitrogens with one attached hydrogen (secondary N) is 2. The maximum absolute atomic E-state index is 9.31. The molecule has 3 N–H and O–H groups in total. The summed E-state index contributed by atoms with van der Waals surface area (Å²) in [5, 5.41) is 16.1. The molecule has 1 aliphatic carbocycles. The molecule has 0 radical (unpaired) electrons. The summed E-state index contributed by atoms with van der Waals surface area (Å²) in [6.45, 7) is 8.40. The summed E-state index contributed by atoms with van der Waals surface area (Å²) in [5.41, 5.74) is 0.0911. The average Bonchev–Trinajstić information content (AvgIpc) is 3.17. The molecule has 0 spiro atoms. The van der Waals surface area contributed by atoms with E-state index in [1.165, 1.54) is 25.7 Å². The molecular weight excluding hydrogens is 365 g/mol. The Balaban J connectivity index is 0.00000361. The summed E-state index contributed by atoms with van der Waals surface area (Å²) in [6.07, 6.45) is 7.23. The number of rotatable bonds is 9. The van der Waals surface area contributed by atoms with E-state index >= 15 is 0 Å². The van der Waals surface area contributed by atoms with Crippen LogP contribution in [0.3, 0.4) is 0 Å². The predicted octanol–water partition coefficient (Wildman–Crippen LogP) is 2.90. The Hall–Kier alpha value is -0.0400. The van der Waals surface area contributed by atoms with Gasteiger partial charge in [0.15, 0.2) is 5.96 Å². The van der Waals surface area contributed by atoms with Crippen LogP contribution in [0.25, 0.3) is 0 Å². The van der Waals surface area contributed by atoms with Crippen molar-refractivity contribution in [3.63, 3.8) is 0 Å². The van der Waals surface area contributed by atoms with Crippen molar-refractivity contribution in [3.05, 3.63) is 0 Å². The second-order valence-electron chi connectivity index (χ2n) is 5.89. The van der Waals surface area contributed by atoms with Crippen LogP contribution in [0.2, 0.25) is 0 Å². The molecular formula is C15H32IN3O. The zero-order chi connectivity index (χ0) is 14.1. The summed E-state index contributed by atoms with van der Waals surface area (Å²) < 4.78 is 0. The van der Waals surface area contributed by atoms with Gasteiger partial charge in [-0.2, -0.15) is 0 Å². The van der Waals surface area contributed by atoms with Gasteiger partial charge in [-0.3, -0.25) is 4.99 Å². The SMILES string of the molecule is CCCCCC(C)NC(=NCC1(CO)CC1)NCC.I. The zero-order valence-corrected chi connectivity index (χ0v) is 15.6. The summed E-state index contributed by atoms with van der Waals surface area (Å²) in [7, 11) is 0. The van der Waals surface area contributed by atoms with E-state index in [2.05, 4.69) is 36.4 Å². The van der Waals surface area contributed by atoms with Crippen molar-refractivity contribution >= 4 is 29.9 Å². The largest absolute Gasteiger partial charge is 0.396 e. The van der Waals surface area contributed by atoms with Crippen molar-refractivity contribution in [3.8, 4) is 0 Å². The minimum atomic E-state index is 0. The molecule has 0 aromatic heterocycles. The van der Waals surface area contributed by atoms with Gasteiger partial charge >= 0.3 is 0 Å². The molecule has 1 unspecified atom stereocenters. The van der Waals surface area contributed by atoms with Gasteiger partial charge in [-0.25, -0.2) is 0 Å². The second-order valence-corrected chi connectivity index (χ2v) is 5.89. The molecule has 1 fully saturated rings. The van der Waals surface area contributed by atoms with Crippen molar-refractivity contribution < 1.29 is 5.11 Å². The molecule has 0 aromatic rings. The lowest BCUT2D eigenvalue weighted by molar-refractivity contribution is 0.216. The zero-order valence-electron chi connectivity index (χ0n) is 13.2. The van der Waals surface area contributed by atoms with Crippen LogP contribution in [0.1, 0.15) is 59.3 Å². The molecule has 1 saturated carbocycles. The molecule has 0 heterocycles. The molecule has 0 aliphatic heterocycles.